The molecular weight excluding hydrogens is 240 g/mol. The first-order valence-corrected chi connectivity index (χ1v) is 7.79. The summed E-state index contributed by atoms with van der Waals surface area (Å²) < 4.78 is 10.7. The van der Waals surface area contributed by atoms with Gasteiger partial charge in [0.1, 0.15) is 6.61 Å². The van der Waals surface area contributed by atoms with Crippen molar-refractivity contribution in [3.8, 4) is 0 Å². The van der Waals surface area contributed by atoms with E-state index in [4.69, 9.17) is 9.47 Å². The van der Waals surface area contributed by atoms with Gasteiger partial charge in [0.05, 0.1) is 12.0 Å². The maximum Gasteiger partial charge on any atom is 0.311 e. The molecule has 0 unspecified atom stereocenters. The van der Waals surface area contributed by atoms with E-state index in [1.807, 2.05) is 20.8 Å². The minimum absolute atomic E-state index is 0.127. The molecule has 0 rings (SSSR count). The Balaban J connectivity index is 3.30. The van der Waals surface area contributed by atoms with Crippen molar-refractivity contribution >= 4 is 5.97 Å². The van der Waals surface area contributed by atoms with Gasteiger partial charge in [-0.1, -0.05) is 46.0 Å². The van der Waals surface area contributed by atoms with E-state index < -0.39 is 0 Å². The van der Waals surface area contributed by atoms with Gasteiger partial charge in [0.2, 0.25) is 0 Å². The van der Waals surface area contributed by atoms with Crippen molar-refractivity contribution in [3.63, 3.8) is 0 Å². The van der Waals surface area contributed by atoms with E-state index in [-0.39, 0.29) is 11.4 Å². The number of carbonyl (C=O) groups excluding carboxylic acids is 1. The van der Waals surface area contributed by atoms with Crippen molar-refractivity contribution in [1.82, 2.24) is 0 Å². The molecule has 0 aliphatic heterocycles. The quantitative estimate of drug-likeness (QED) is 0.391. The van der Waals surface area contributed by atoms with Gasteiger partial charge in [0.25, 0.3) is 0 Å². The van der Waals surface area contributed by atoms with Gasteiger partial charge in [0, 0.05) is 6.61 Å². The summed E-state index contributed by atoms with van der Waals surface area (Å²) in [4.78, 5) is 11.7. The van der Waals surface area contributed by atoms with E-state index >= 15 is 0 Å². The Morgan fingerprint density at radius 1 is 0.895 bits per heavy atom. The molecule has 0 atom stereocenters. The highest BCUT2D eigenvalue weighted by Gasteiger charge is 2.26. The molecule has 0 aromatic heterocycles. The molecule has 0 fully saturated rings. The number of carbonyl (C=O) groups is 1. The van der Waals surface area contributed by atoms with Crippen LogP contribution in [0.3, 0.4) is 0 Å². The summed E-state index contributed by atoms with van der Waals surface area (Å²) in [6, 6.07) is 0. The predicted molar refractivity (Wildman–Crippen MR) is 79.2 cm³/mol. The van der Waals surface area contributed by atoms with E-state index in [1.54, 1.807) is 0 Å². The van der Waals surface area contributed by atoms with Gasteiger partial charge in [-0.25, -0.2) is 0 Å². The lowest BCUT2D eigenvalue weighted by atomic mass is 9.91. The van der Waals surface area contributed by atoms with Gasteiger partial charge >= 0.3 is 5.97 Å². The molecule has 3 nitrogen and oxygen atoms in total. The smallest absolute Gasteiger partial charge is 0.311 e. The third-order valence-electron chi connectivity index (χ3n) is 3.54. The standard InChI is InChI=1S/C16H32O3/c1-5-7-8-9-10-11-12-18-13-14-19-15(17)16(3,4)6-2/h5-14H2,1-4H3. The summed E-state index contributed by atoms with van der Waals surface area (Å²) in [5, 5.41) is 0. The molecular formula is C16H32O3. The average molecular weight is 272 g/mol. The number of hydrogen-bond donors (Lipinski definition) is 0. The summed E-state index contributed by atoms with van der Waals surface area (Å²) in [7, 11) is 0. The SMILES string of the molecule is CCCCCCCCOCCOC(=O)C(C)(C)CC. The third kappa shape index (κ3) is 9.94. The van der Waals surface area contributed by atoms with Crippen LogP contribution in [0.2, 0.25) is 0 Å². The molecule has 0 aromatic carbocycles. The first kappa shape index (κ1) is 18.4. The van der Waals surface area contributed by atoms with Crippen LogP contribution < -0.4 is 0 Å². The summed E-state index contributed by atoms with van der Waals surface area (Å²) in [6.45, 7) is 9.71. The molecule has 0 saturated heterocycles. The summed E-state index contributed by atoms with van der Waals surface area (Å²) >= 11 is 0. The first-order chi connectivity index (χ1) is 9.04. The normalized spacial score (nSPS) is 11.6. The van der Waals surface area contributed by atoms with Crippen LogP contribution >= 0.6 is 0 Å². The Bertz CT molecular complexity index is 224. The summed E-state index contributed by atoms with van der Waals surface area (Å²) in [5.41, 5.74) is -0.376. The van der Waals surface area contributed by atoms with E-state index in [0.29, 0.717) is 13.2 Å². The van der Waals surface area contributed by atoms with Gasteiger partial charge in [-0.2, -0.15) is 0 Å². The molecule has 0 aromatic rings. The zero-order valence-corrected chi connectivity index (χ0v) is 13.3. The highest BCUT2D eigenvalue weighted by molar-refractivity contribution is 5.75. The van der Waals surface area contributed by atoms with Crippen LogP contribution in [0.1, 0.15) is 72.6 Å². The number of esters is 1. The number of unbranched alkanes of at least 4 members (excludes halogenated alkanes) is 5. The Hall–Kier alpha value is -0.570. The lowest BCUT2D eigenvalue weighted by molar-refractivity contribution is -0.155. The van der Waals surface area contributed by atoms with Crippen molar-refractivity contribution in [3.05, 3.63) is 0 Å². The number of hydrogen-bond acceptors (Lipinski definition) is 3. The number of rotatable bonds is 12. The van der Waals surface area contributed by atoms with Crippen molar-refractivity contribution in [2.24, 2.45) is 5.41 Å². The molecule has 0 bridgehead atoms. The van der Waals surface area contributed by atoms with Crippen LogP contribution in [0.5, 0.6) is 0 Å². The van der Waals surface area contributed by atoms with E-state index in [2.05, 4.69) is 6.92 Å². The van der Waals surface area contributed by atoms with E-state index in [1.165, 1.54) is 32.1 Å². The molecule has 3 heteroatoms. The molecule has 0 aliphatic carbocycles. The van der Waals surface area contributed by atoms with Crippen LogP contribution in [-0.4, -0.2) is 25.8 Å². The Labute approximate surface area is 119 Å². The maximum atomic E-state index is 11.7. The molecule has 0 amide bonds. The summed E-state index contributed by atoms with van der Waals surface area (Å²) in [5.74, 6) is -0.127. The third-order valence-corrected chi connectivity index (χ3v) is 3.54. The minimum atomic E-state index is -0.376. The van der Waals surface area contributed by atoms with Crippen molar-refractivity contribution in [2.75, 3.05) is 19.8 Å². The zero-order chi connectivity index (χ0) is 14.6. The van der Waals surface area contributed by atoms with E-state index in [9.17, 15) is 4.79 Å². The molecule has 0 N–H and O–H groups in total. The monoisotopic (exact) mass is 272 g/mol. The zero-order valence-electron chi connectivity index (χ0n) is 13.3. The maximum absolute atomic E-state index is 11.7. The van der Waals surface area contributed by atoms with Crippen molar-refractivity contribution in [2.45, 2.75) is 72.6 Å². The second kappa shape index (κ2) is 11.3. The lowest BCUT2D eigenvalue weighted by Crippen LogP contribution is -2.27. The summed E-state index contributed by atoms with van der Waals surface area (Å²) in [6.07, 6.45) is 8.41. The fourth-order valence-corrected chi connectivity index (χ4v) is 1.62. The van der Waals surface area contributed by atoms with Gasteiger partial charge in [-0.05, 0) is 26.7 Å². The second-order valence-corrected chi connectivity index (χ2v) is 5.75. The second-order valence-electron chi connectivity index (χ2n) is 5.75. The Kier molecular flexibility index (Phi) is 10.9. The van der Waals surface area contributed by atoms with Crippen LogP contribution in [0, 0.1) is 5.41 Å². The van der Waals surface area contributed by atoms with Gasteiger partial charge in [-0.3, -0.25) is 4.79 Å². The molecule has 0 spiro atoms. The molecule has 0 radical (unpaired) electrons. The minimum Gasteiger partial charge on any atom is -0.463 e. The van der Waals surface area contributed by atoms with Crippen molar-refractivity contribution < 1.29 is 14.3 Å². The first-order valence-electron chi connectivity index (χ1n) is 7.79. The molecule has 0 saturated carbocycles. The average Bonchev–Trinajstić information content (AvgIpc) is 2.40. The highest BCUT2D eigenvalue weighted by Crippen LogP contribution is 2.21. The predicted octanol–water partition coefficient (Wildman–Crippen LogP) is 4.34. The molecule has 0 aliphatic rings. The van der Waals surface area contributed by atoms with Gasteiger partial charge in [-0.15, -0.1) is 0 Å². The van der Waals surface area contributed by atoms with Crippen LogP contribution in [-0.2, 0) is 14.3 Å². The molecule has 0 heterocycles. The van der Waals surface area contributed by atoms with Gasteiger partial charge < -0.3 is 9.47 Å². The topological polar surface area (TPSA) is 35.5 Å². The van der Waals surface area contributed by atoms with Crippen molar-refractivity contribution in [1.29, 1.82) is 0 Å². The molecule has 19 heavy (non-hydrogen) atoms. The largest absolute Gasteiger partial charge is 0.463 e. The van der Waals surface area contributed by atoms with Gasteiger partial charge in [0.15, 0.2) is 0 Å². The Morgan fingerprint density at radius 2 is 1.53 bits per heavy atom. The van der Waals surface area contributed by atoms with Crippen LogP contribution in [0.25, 0.3) is 0 Å². The fourth-order valence-electron chi connectivity index (χ4n) is 1.62. The van der Waals surface area contributed by atoms with E-state index in [0.717, 1.165) is 19.4 Å². The fraction of sp³-hybridized carbons (Fsp3) is 0.938. The van der Waals surface area contributed by atoms with Crippen LogP contribution in [0.4, 0.5) is 0 Å². The Morgan fingerprint density at radius 3 is 2.16 bits per heavy atom. The molecule has 114 valence electrons. The van der Waals surface area contributed by atoms with Crippen LogP contribution in [0.15, 0.2) is 0 Å². The lowest BCUT2D eigenvalue weighted by Gasteiger charge is -2.20. The highest BCUT2D eigenvalue weighted by atomic mass is 16.6. The number of ether oxygens (including phenoxy) is 2.